The maximum atomic E-state index is 12.4. The predicted octanol–water partition coefficient (Wildman–Crippen LogP) is 4.91. The fourth-order valence-corrected chi connectivity index (χ4v) is 4.35. The van der Waals surface area contributed by atoms with E-state index in [0.717, 1.165) is 17.0 Å². The van der Waals surface area contributed by atoms with Gasteiger partial charge in [-0.25, -0.2) is 0 Å². The number of benzene rings is 2. The molecule has 0 aromatic heterocycles. The first kappa shape index (κ1) is 16.9. The molecule has 1 aliphatic carbocycles. The van der Waals surface area contributed by atoms with Crippen LogP contribution >= 0.6 is 11.8 Å². The van der Waals surface area contributed by atoms with E-state index in [1.807, 2.05) is 54.2 Å². The molecular weight excluding hydrogens is 318 g/mol. The Morgan fingerprint density at radius 1 is 1.17 bits per heavy atom. The molecule has 4 heteroatoms. The average molecular weight is 341 g/mol. The van der Waals surface area contributed by atoms with Gasteiger partial charge in [-0.15, -0.1) is 11.8 Å². The van der Waals surface area contributed by atoms with E-state index in [1.54, 1.807) is 7.11 Å². The number of anilines is 1. The second-order valence-corrected chi connectivity index (χ2v) is 7.44. The van der Waals surface area contributed by atoms with Gasteiger partial charge in [0.25, 0.3) is 0 Å². The molecule has 0 unspecified atom stereocenters. The fraction of sp³-hybridized carbons (Fsp3) is 0.350. The molecule has 0 bridgehead atoms. The highest BCUT2D eigenvalue weighted by molar-refractivity contribution is 8.00. The third-order valence-electron chi connectivity index (χ3n) is 4.26. The highest BCUT2D eigenvalue weighted by atomic mass is 32.2. The number of hydrogen-bond donors (Lipinski definition) is 1. The van der Waals surface area contributed by atoms with E-state index in [1.165, 1.54) is 30.6 Å². The van der Waals surface area contributed by atoms with E-state index in [4.69, 9.17) is 4.74 Å². The molecular formula is C20H23NO2S. The minimum absolute atomic E-state index is 0.00252. The number of carbonyl (C=O) groups excluding carboxylic acids is 1. The monoisotopic (exact) mass is 341 g/mol. The third kappa shape index (κ3) is 4.54. The quantitative estimate of drug-likeness (QED) is 0.811. The zero-order chi connectivity index (χ0) is 16.8. The molecule has 0 heterocycles. The van der Waals surface area contributed by atoms with Crippen molar-refractivity contribution in [2.75, 3.05) is 12.4 Å². The first-order valence-electron chi connectivity index (χ1n) is 8.43. The number of ether oxygens (including phenoxy) is 1. The van der Waals surface area contributed by atoms with Crippen LogP contribution in [0.5, 0.6) is 5.75 Å². The molecule has 2 aromatic rings. The summed E-state index contributed by atoms with van der Waals surface area (Å²) in [5.74, 6) is 0.778. The Labute approximate surface area is 147 Å². The van der Waals surface area contributed by atoms with Crippen LogP contribution in [0.4, 0.5) is 5.69 Å². The maximum absolute atomic E-state index is 12.4. The summed E-state index contributed by atoms with van der Waals surface area (Å²) in [5.41, 5.74) is 1.87. The summed E-state index contributed by atoms with van der Waals surface area (Å²) in [7, 11) is 1.63. The van der Waals surface area contributed by atoms with E-state index in [9.17, 15) is 4.79 Å². The van der Waals surface area contributed by atoms with E-state index in [0.29, 0.717) is 11.7 Å². The molecule has 24 heavy (non-hydrogen) atoms. The number of amides is 1. The molecule has 1 N–H and O–H groups in total. The summed E-state index contributed by atoms with van der Waals surface area (Å²) in [5, 5.41) is 3.75. The topological polar surface area (TPSA) is 38.3 Å². The van der Waals surface area contributed by atoms with Crippen LogP contribution in [0.15, 0.2) is 53.4 Å². The Morgan fingerprint density at radius 2 is 1.96 bits per heavy atom. The van der Waals surface area contributed by atoms with Gasteiger partial charge in [0.1, 0.15) is 5.75 Å². The summed E-state index contributed by atoms with van der Waals surface area (Å²) in [6, 6.07) is 15.7. The van der Waals surface area contributed by atoms with Gasteiger partial charge in [-0.1, -0.05) is 37.1 Å². The van der Waals surface area contributed by atoms with Gasteiger partial charge in [-0.05, 0) is 42.7 Å². The number of nitrogens with one attached hydrogen (secondary N) is 1. The second-order valence-electron chi connectivity index (χ2n) is 6.10. The molecule has 1 aliphatic rings. The zero-order valence-corrected chi connectivity index (χ0v) is 14.8. The highest BCUT2D eigenvalue weighted by Gasteiger charge is 2.18. The minimum Gasteiger partial charge on any atom is -0.497 e. The molecule has 0 spiro atoms. The minimum atomic E-state index is 0.00252. The van der Waals surface area contributed by atoms with Gasteiger partial charge >= 0.3 is 0 Å². The molecule has 126 valence electrons. The van der Waals surface area contributed by atoms with Crippen LogP contribution in [-0.4, -0.2) is 18.3 Å². The van der Waals surface area contributed by atoms with Crippen molar-refractivity contribution in [3.05, 3.63) is 54.1 Å². The molecule has 0 radical (unpaired) electrons. The van der Waals surface area contributed by atoms with Gasteiger partial charge in [0.05, 0.1) is 19.2 Å². The SMILES string of the molecule is COc1cccc(CC(=O)Nc2ccccc2SC2CCCC2)c1. The second kappa shape index (κ2) is 8.25. The molecule has 0 atom stereocenters. The molecule has 1 amide bonds. The lowest BCUT2D eigenvalue weighted by molar-refractivity contribution is -0.115. The van der Waals surface area contributed by atoms with Crippen LogP contribution in [0.3, 0.4) is 0 Å². The van der Waals surface area contributed by atoms with Gasteiger partial charge in [0, 0.05) is 10.1 Å². The third-order valence-corrected chi connectivity index (χ3v) is 5.67. The van der Waals surface area contributed by atoms with Crippen molar-refractivity contribution in [3.8, 4) is 5.75 Å². The van der Waals surface area contributed by atoms with Gasteiger partial charge in [-0.2, -0.15) is 0 Å². The molecule has 3 rings (SSSR count). The first-order valence-corrected chi connectivity index (χ1v) is 9.31. The number of methoxy groups -OCH3 is 1. The lowest BCUT2D eigenvalue weighted by Crippen LogP contribution is -2.15. The molecule has 2 aromatic carbocycles. The Hall–Kier alpha value is -1.94. The Kier molecular flexibility index (Phi) is 5.81. The lowest BCUT2D eigenvalue weighted by atomic mass is 10.1. The summed E-state index contributed by atoms with van der Waals surface area (Å²) < 4.78 is 5.21. The largest absolute Gasteiger partial charge is 0.497 e. The average Bonchev–Trinajstić information content (AvgIpc) is 3.10. The van der Waals surface area contributed by atoms with E-state index >= 15 is 0 Å². The molecule has 1 saturated carbocycles. The number of carbonyl (C=O) groups is 1. The van der Waals surface area contributed by atoms with Crippen molar-refractivity contribution in [1.82, 2.24) is 0 Å². The van der Waals surface area contributed by atoms with Crippen LogP contribution in [0.25, 0.3) is 0 Å². The van der Waals surface area contributed by atoms with E-state index in [-0.39, 0.29) is 5.91 Å². The van der Waals surface area contributed by atoms with Crippen molar-refractivity contribution in [1.29, 1.82) is 0 Å². The van der Waals surface area contributed by atoms with E-state index < -0.39 is 0 Å². The number of rotatable bonds is 6. The van der Waals surface area contributed by atoms with Gasteiger partial charge in [-0.3, -0.25) is 4.79 Å². The van der Waals surface area contributed by atoms with Crippen molar-refractivity contribution in [2.45, 2.75) is 42.2 Å². The predicted molar refractivity (Wildman–Crippen MR) is 99.9 cm³/mol. The number of para-hydroxylation sites is 1. The standard InChI is InChI=1S/C20H23NO2S/c1-23-16-8-6-7-15(13-16)14-20(22)21-18-11-4-5-12-19(18)24-17-9-2-3-10-17/h4-8,11-13,17H,2-3,9-10,14H2,1H3,(H,21,22). The number of hydrogen-bond acceptors (Lipinski definition) is 3. The van der Waals surface area contributed by atoms with Crippen LogP contribution in [0.2, 0.25) is 0 Å². The highest BCUT2D eigenvalue weighted by Crippen LogP contribution is 2.38. The Balaban J connectivity index is 1.65. The smallest absolute Gasteiger partial charge is 0.228 e. The molecule has 0 aliphatic heterocycles. The molecule has 1 fully saturated rings. The van der Waals surface area contributed by atoms with Gasteiger partial charge < -0.3 is 10.1 Å². The maximum Gasteiger partial charge on any atom is 0.228 e. The summed E-state index contributed by atoms with van der Waals surface area (Å²) in [6.07, 6.45) is 5.54. The van der Waals surface area contributed by atoms with Crippen LogP contribution < -0.4 is 10.1 Å². The zero-order valence-electron chi connectivity index (χ0n) is 14.0. The van der Waals surface area contributed by atoms with Gasteiger partial charge in [0.2, 0.25) is 5.91 Å². The molecule has 3 nitrogen and oxygen atoms in total. The summed E-state index contributed by atoms with van der Waals surface area (Å²) in [6.45, 7) is 0. The van der Waals surface area contributed by atoms with Gasteiger partial charge in [0.15, 0.2) is 0 Å². The van der Waals surface area contributed by atoms with Crippen molar-refractivity contribution in [3.63, 3.8) is 0 Å². The van der Waals surface area contributed by atoms with Crippen molar-refractivity contribution >= 4 is 23.4 Å². The first-order chi connectivity index (χ1) is 11.7. The van der Waals surface area contributed by atoms with Crippen molar-refractivity contribution < 1.29 is 9.53 Å². The molecule has 0 saturated heterocycles. The Morgan fingerprint density at radius 3 is 2.75 bits per heavy atom. The normalized spacial score (nSPS) is 14.5. The van der Waals surface area contributed by atoms with Crippen LogP contribution in [-0.2, 0) is 11.2 Å². The summed E-state index contributed by atoms with van der Waals surface area (Å²) >= 11 is 1.90. The number of thioether (sulfide) groups is 1. The fourth-order valence-electron chi connectivity index (χ4n) is 3.02. The Bertz CT molecular complexity index is 696. The lowest BCUT2D eigenvalue weighted by Gasteiger charge is -2.14. The van der Waals surface area contributed by atoms with E-state index in [2.05, 4.69) is 11.4 Å². The van der Waals surface area contributed by atoms with Crippen LogP contribution in [0.1, 0.15) is 31.2 Å². The van der Waals surface area contributed by atoms with Crippen molar-refractivity contribution in [2.24, 2.45) is 0 Å². The van der Waals surface area contributed by atoms with Crippen LogP contribution in [0, 0.1) is 0 Å². The summed E-state index contributed by atoms with van der Waals surface area (Å²) in [4.78, 5) is 13.6.